The molecule has 182 valence electrons. The van der Waals surface area contributed by atoms with Gasteiger partial charge in [0.05, 0.1) is 17.7 Å². The maximum absolute atomic E-state index is 14.5. The lowest BCUT2D eigenvalue weighted by molar-refractivity contribution is 0.0729. The molecule has 0 unspecified atom stereocenters. The second-order valence-corrected chi connectivity index (χ2v) is 9.19. The number of benzene rings is 2. The van der Waals surface area contributed by atoms with E-state index in [2.05, 4.69) is 6.92 Å². The van der Waals surface area contributed by atoms with E-state index < -0.39 is 17.6 Å². The van der Waals surface area contributed by atoms with Crippen LogP contribution in [0, 0.1) is 34.8 Å². The van der Waals surface area contributed by atoms with E-state index in [1.54, 1.807) is 12.1 Å². The monoisotopic (exact) mass is 469 g/mol. The zero-order chi connectivity index (χ0) is 24.3. The number of carbonyl (C=O) groups excluding carboxylic acids is 1. The van der Waals surface area contributed by atoms with Crippen molar-refractivity contribution >= 4 is 5.97 Å². The molecule has 0 atom stereocenters. The van der Waals surface area contributed by atoms with Gasteiger partial charge in [-0.15, -0.1) is 0 Å². The Morgan fingerprint density at radius 1 is 0.941 bits per heavy atom. The van der Waals surface area contributed by atoms with E-state index in [-0.39, 0.29) is 16.9 Å². The summed E-state index contributed by atoms with van der Waals surface area (Å²) < 4.78 is 39.1. The van der Waals surface area contributed by atoms with Crippen molar-refractivity contribution in [1.29, 1.82) is 5.26 Å². The molecule has 3 rings (SSSR count). The highest BCUT2D eigenvalue weighted by molar-refractivity contribution is 5.91. The Hall–Kier alpha value is -2.94. The minimum atomic E-state index is -0.943. The van der Waals surface area contributed by atoms with E-state index in [0.29, 0.717) is 18.3 Å². The lowest BCUT2D eigenvalue weighted by atomic mass is 9.80. The fraction of sp³-hybridized carbons (Fsp3) is 0.500. The van der Waals surface area contributed by atoms with Crippen molar-refractivity contribution < 1.29 is 23.0 Å². The first-order chi connectivity index (χ1) is 16.5. The molecule has 2 aromatic carbocycles. The molecule has 0 spiro atoms. The highest BCUT2D eigenvalue weighted by Crippen LogP contribution is 2.32. The van der Waals surface area contributed by atoms with Gasteiger partial charge in [0.25, 0.3) is 0 Å². The average Bonchev–Trinajstić information content (AvgIpc) is 2.83. The summed E-state index contributed by atoms with van der Waals surface area (Å²) in [6.07, 6.45) is 12.7. The Balaban J connectivity index is 1.43. The molecule has 2 aromatic rings. The molecule has 1 aliphatic carbocycles. The molecule has 0 aromatic heterocycles. The van der Waals surface area contributed by atoms with Crippen molar-refractivity contribution in [3.05, 3.63) is 59.2 Å². The van der Waals surface area contributed by atoms with Crippen molar-refractivity contribution in [2.75, 3.05) is 6.61 Å². The summed E-state index contributed by atoms with van der Waals surface area (Å²) in [5.41, 5.74) is -0.431. The van der Waals surface area contributed by atoms with Crippen LogP contribution in [0.15, 0.2) is 36.4 Å². The van der Waals surface area contributed by atoms with Gasteiger partial charge in [0.2, 0.25) is 0 Å². The Labute approximate surface area is 200 Å². The van der Waals surface area contributed by atoms with Crippen LogP contribution in [0.25, 0.3) is 0 Å². The Morgan fingerprint density at radius 2 is 1.62 bits per heavy atom. The number of rotatable bonds is 11. The standard InChI is InChI=1S/C28H33F2NO3/c1-2-3-4-5-6-7-20-8-10-21(11-9-20)19-33-23-14-15-25(27(30)16-23)28(32)34-24-13-12-22(18-31)26(29)17-24/h12-17,20-21H,2-11,19H2,1H3/t20-,21-. The second-order valence-electron chi connectivity index (χ2n) is 9.19. The first-order valence-corrected chi connectivity index (χ1v) is 12.3. The Morgan fingerprint density at radius 3 is 2.29 bits per heavy atom. The average molecular weight is 470 g/mol. The van der Waals surface area contributed by atoms with E-state index in [4.69, 9.17) is 14.7 Å². The fourth-order valence-corrected chi connectivity index (χ4v) is 4.50. The van der Waals surface area contributed by atoms with Gasteiger partial charge in [0, 0.05) is 12.1 Å². The highest BCUT2D eigenvalue weighted by Gasteiger charge is 2.22. The molecule has 1 saturated carbocycles. The zero-order valence-corrected chi connectivity index (χ0v) is 19.8. The molecule has 0 amide bonds. The van der Waals surface area contributed by atoms with Crippen molar-refractivity contribution in [2.24, 2.45) is 11.8 Å². The Kier molecular flexibility index (Phi) is 9.88. The molecule has 0 radical (unpaired) electrons. The van der Waals surface area contributed by atoms with Crippen LogP contribution in [-0.2, 0) is 0 Å². The molecule has 6 heteroatoms. The number of nitrogens with zero attached hydrogens (tertiary/aromatic N) is 1. The van der Waals surface area contributed by atoms with E-state index in [1.807, 2.05) is 0 Å². The molecule has 0 bridgehead atoms. The molecule has 1 aliphatic rings. The number of halogens is 2. The van der Waals surface area contributed by atoms with Gasteiger partial charge < -0.3 is 9.47 Å². The molecular formula is C28H33F2NO3. The van der Waals surface area contributed by atoms with Crippen molar-refractivity contribution in [3.63, 3.8) is 0 Å². The maximum atomic E-state index is 14.5. The van der Waals surface area contributed by atoms with Gasteiger partial charge in [-0.2, -0.15) is 5.26 Å². The van der Waals surface area contributed by atoms with Crippen LogP contribution in [-0.4, -0.2) is 12.6 Å². The highest BCUT2D eigenvalue weighted by atomic mass is 19.1. The SMILES string of the molecule is CCCCCCC[C@H]1CC[C@H](COc2ccc(C(=O)Oc3ccc(C#N)c(F)c3)c(F)c2)CC1. The summed E-state index contributed by atoms with van der Waals surface area (Å²) in [5.74, 6) is -0.947. The molecule has 0 heterocycles. The minimum absolute atomic E-state index is 0.0993. The lowest BCUT2D eigenvalue weighted by Crippen LogP contribution is -2.20. The summed E-state index contributed by atoms with van der Waals surface area (Å²) in [6, 6.07) is 9.13. The third-order valence-corrected chi connectivity index (χ3v) is 6.60. The maximum Gasteiger partial charge on any atom is 0.346 e. The number of esters is 1. The number of carbonyl (C=O) groups is 1. The largest absolute Gasteiger partial charge is 0.493 e. The van der Waals surface area contributed by atoms with Gasteiger partial charge in [0.15, 0.2) is 0 Å². The van der Waals surface area contributed by atoms with E-state index in [1.165, 1.54) is 75.6 Å². The lowest BCUT2D eigenvalue weighted by Gasteiger charge is -2.28. The van der Waals surface area contributed by atoms with Crippen LogP contribution in [0.2, 0.25) is 0 Å². The summed E-state index contributed by atoms with van der Waals surface area (Å²) in [4.78, 5) is 12.3. The second kappa shape index (κ2) is 13.1. The van der Waals surface area contributed by atoms with Crippen LogP contribution >= 0.6 is 0 Å². The van der Waals surface area contributed by atoms with Crippen LogP contribution in [0.1, 0.15) is 87.1 Å². The molecule has 1 fully saturated rings. The quantitative estimate of drug-likeness (QED) is 0.193. The van der Waals surface area contributed by atoms with E-state index >= 15 is 0 Å². The van der Waals surface area contributed by atoms with Gasteiger partial charge in [-0.3, -0.25) is 0 Å². The van der Waals surface area contributed by atoms with E-state index in [0.717, 1.165) is 24.8 Å². The van der Waals surface area contributed by atoms with Gasteiger partial charge in [0.1, 0.15) is 29.2 Å². The third kappa shape index (κ3) is 7.55. The van der Waals surface area contributed by atoms with Gasteiger partial charge in [-0.05, 0) is 48.9 Å². The minimum Gasteiger partial charge on any atom is -0.493 e. The molecule has 0 saturated heterocycles. The van der Waals surface area contributed by atoms with Crippen LogP contribution in [0.4, 0.5) is 8.78 Å². The predicted molar refractivity (Wildman–Crippen MR) is 127 cm³/mol. The number of unbranched alkanes of at least 4 members (excludes halogenated alkanes) is 4. The fourth-order valence-electron chi connectivity index (χ4n) is 4.50. The summed E-state index contributed by atoms with van der Waals surface area (Å²) in [5, 5.41) is 8.77. The Bertz CT molecular complexity index is 994. The van der Waals surface area contributed by atoms with Gasteiger partial charge in [-0.25, -0.2) is 13.6 Å². The van der Waals surface area contributed by atoms with Crippen molar-refractivity contribution in [3.8, 4) is 17.6 Å². The van der Waals surface area contributed by atoms with Gasteiger partial charge >= 0.3 is 5.97 Å². The third-order valence-electron chi connectivity index (χ3n) is 6.60. The zero-order valence-electron chi connectivity index (χ0n) is 19.8. The first-order valence-electron chi connectivity index (χ1n) is 12.3. The number of hydrogen-bond donors (Lipinski definition) is 0. The number of ether oxygens (including phenoxy) is 2. The first kappa shape index (κ1) is 25.7. The summed E-state index contributed by atoms with van der Waals surface area (Å²) in [6.45, 7) is 2.78. The molecule has 4 nitrogen and oxygen atoms in total. The predicted octanol–water partition coefficient (Wildman–Crippen LogP) is 7.60. The number of nitriles is 1. The molecule has 34 heavy (non-hydrogen) atoms. The van der Waals surface area contributed by atoms with E-state index in [9.17, 15) is 13.6 Å². The molecule has 0 aliphatic heterocycles. The van der Waals surface area contributed by atoms with Crippen molar-refractivity contribution in [2.45, 2.75) is 71.1 Å². The van der Waals surface area contributed by atoms with Crippen molar-refractivity contribution in [1.82, 2.24) is 0 Å². The summed E-state index contributed by atoms with van der Waals surface area (Å²) in [7, 11) is 0. The number of hydrogen-bond acceptors (Lipinski definition) is 4. The molecular weight excluding hydrogens is 436 g/mol. The van der Waals surface area contributed by atoms with Crippen LogP contribution in [0.5, 0.6) is 11.5 Å². The van der Waals surface area contributed by atoms with Crippen LogP contribution in [0.3, 0.4) is 0 Å². The molecule has 0 N–H and O–H groups in total. The summed E-state index contributed by atoms with van der Waals surface area (Å²) >= 11 is 0. The normalized spacial score (nSPS) is 17.7. The topological polar surface area (TPSA) is 59.3 Å². The van der Waals surface area contributed by atoms with Gasteiger partial charge in [-0.1, -0.05) is 58.3 Å². The smallest absolute Gasteiger partial charge is 0.346 e. The van der Waals surface area contributed by atoms with Crippen LogP contribution < -0.4 is 9.47 Å².